The topological polar surface area (TPSA) is 60.8 Å². The van der Waals surface area contributed by atoms with Crippen LogP contribution < -0.4 is 0 Å². The average Bonchev–Trinajstić information content (AvgIpc) is 3.14. The van der Waals surface area contributed by atoms with Gasteiger partial charge in [-0.25, -0.2) is 4.79 Å². The fraction of sp³-hybridized carbons (Fsp3) is 0.304. The first-order chi connectivity index (χ1) is 14.7. The van der Waals surface area contributed by atoms with E-state index in [1.165, 1.54) is 7.11 Å². The normalized spacial score (nSPS) is 15.4. The van der Waals surface area contributed by atoms with Crippen molar-refractivity contribution in [2.45, 2.75) is 20.8 Å². The minimum atomic E-state index is -0.546. The summed E-state index contributed by atoms with van der Waals surface area (Å²) in [5.74, 6) is -0.801. The van der Waals surface area contributed by atoms with Crippen molar-refractivity contribution >= 4 is 41.2 Å². The van der Waals surface area contributed by atoms with Gasteiger partial charge in [-0.05, 0) is 56.7 Å². The maximum Gasteiger partial charge on any atom is 0.340 e. The van der Waals surface area contributed by atoms with Crippen molar-refractivity contribution in [1.82, 2.24) is 9.47 Å². The summed E-state index contributed by atoms with van der Waals surface area (Å²) in [6, 6.07) is 7.37. The van der Waals surface area contributed by atoms with Crippen molar-refractivity contribution in [2.75, 3.05) is 27.4 Å². The highest BCUT2D eigenvalue weighted by molar-refractivity contribution is 6.42. The lowest BCUT2D eigenvalue weighted by Crippen LogP contribution is -2.28. The number of esters is 1. The maximum absolute atomic E-state index is 13.1. The summed E-state index contributed by atoms with van der Waals surface area (Å²) in [6.07, 6.45) is 1.74. The Kier molecular flexibility index (Phi) is 6.94. The summed E-state index contributed by atoms with van der Waals surface area (Å²) >= 11 is 12.3. The van der Waals surface area contributed by atoms with Crippen LogP contribution in [0.2, 0.25) is 10.0 Å². The molecule has 1 aromatic carbocycles. The van der Waals surface area contributed by atoms with Crippen molar-refractivity contribution in [3.05, 3.63) is 68.1 Å². The van der Waals surface area contributed by atoms with E-state index in [4.69, 9.17) is 32.7 Å². The van der Waals surface area contributed by atoms with Gasteiger partial charge in [0.15, 0.2) is 0 Å². The molecule has 0 radical (unpaired) electrons. The zero-order valence-electron chi connectivity index (χ0n) is 18.1. The standard InChI is InChI=1S/C23H24Cl2N2O4/c1-13-10-16(14(2)27(13)17-6-7-19(24)20(25)12-17)11-18-21(23(29)31-5)15(3)26(22(18)28)8-9-30-4/h6-7,10-12H,8-9H2,1-5H3. The summed E-state index contributed by atoms with van der Waals surface area (Å²) in [5, 5.41) is 0.934. The van der Waals surface area contributed by atoms with E-state index in [0.29, 0.717) is 34.5 Å². The van der Waals surface area contributed by atoms with Crippen LogP contribution in [0.25, 0.3) is 11.8 Å². The van der Waals surface area contributed by atoms with Gasteiger partial charge < -0.3 is 18.9 Å². The van der Waals surface area contributed by atoms with Gasteiger partial charge in [-0.3, -0.25) is 4.79 Å². The Labute approximate surface area is 191 Å². The van der Waals surface area contributed by atoms with Crippen LogP contribution >= 0.6 is 23.2 Å². The summed E-state index contributed by atoms with van der Waals surface area (Å²) in [7, 11) is 2.87. The molecule has 0 saturated carbocycles. The van der Waals surface area contributed by atoms with Crippen LogP contribution in [0.4, 0.5) is 0 Å². The first kappa shape index (κ1) is 23.1. The quantitative estimate of drug-likeness (QED) is 0.460. The molecule has 3 rings (SSSR count). The summed E-state index contributed by atoms with van der Waals surface area (Å²) in [5.41, 5.74) is 4.64. The molecule has 2 aromatic rings. The number of benzene rings is 1. The van der Waals surface area contributed by atoms with Crippen LogP contribution in [0.1, 0.15) is 23.9 Å². The number of hydrogen-bond donors (Lipinski definition) is 0. The molecule has 8 heteroatoms. The fourth-order valence-corrected chi connectivity index (χ4v) is 4.08. The third kappa shape index (κ3) is 4.28. The van der Waals surface area contributed by atoms with Gasteiger partial charge in [0.1, 0.15) is 0 Å². The molecule has 1 aliphatic rings. The van der Waals surface area contributed by atoms with Crippen molar-refractivity contribution in [2.24, 2.45) is 0 Å². The predicted octanol–water partition coefficient (Wildman–Crippen LogP) is 4.72. The van der Waals surface area contributed by atoms with E-state index in [1.807, 2.05) is 30.5 Å². The smallest absolute Gasteiger partial charge is 0.340 e. The Bertz CT molecular complexity index is 1120. The second kappa shape index (κ2) is 9.30. The molecular formula is C23H24Cl2N2O4. The Balaban J connectivity index is 2.10. The maximum atomic E-state index is 13.1. The Morgan fingerprint density at radius 2 is 1.81 bits per heavy atom. The molecule has 164 valence electrons. The molecule has 31 heavy (non-hydrogen) atoms. The zero-order valence-corrected chi connectivity index (χ0v) is 19.6. The molecule has 0 spiro atoms. The van der Waals surface area contributed by atoms with Crippen molar-refractivity contribution in [1.29, 1.82) is 0 Å². The van der Waals surface area contributed by atoms with E-state index in [1.54, 1.807) is 37.1 Å². The third-order valence-electron chi connectivity index (χ3n) is 5.35. The van der Waals surface area contributed by atoms with Crippen LogP contribution in [0, 0.1) is 13.8 Å². The van der Waals surface area contributed by atoms with E-state index >= 15 is 0 Å². The minimum absolute atomic E-state index is 0.255. The van der Waals surface area contributed by atoms with Gasteiger partial charge in [0.2, 0.25) is 0 Å². The molecule has 0 saturated heterocycles. The lowest BCUT2D eigenvalue weighted by molar-refractivity contribution is -0.136. The molecule has 0 aliphatic carbocycles. The number of hydrogen-bond acceptors (Lipinski definition) is 4. The minimum Gasteiger partial charge on any atom is -0.465 e. The van der Waals surface area contributed by atoms with Gasteiger partial charge in [-0.2, -0.15) is 0 Å². The number of allylic oxidation sites excluding steroid dienone is 1. The number of carbonyl (C=O) groups is 2. The Hall–Kier alpha value is -2.54. The van der Waals surface area contributed by atoms with Crippen LogP contribution in [-0.4, -0.2) is 48.7 Å². The second-order valence-corrected chi connectivity index (χ2v) is 8.03. The largest absolute Gasteiger partial charge is 0.465 e. The lowest BCUT2D eigenvalue weighted by Gasteiger charge is -2.16. The van der Waals surface area contributed by atoms with Crippen LogP contribution in [0.3, 0.4) is 0 Å². The lowest BCUT2D eigenvalue weighted by atomic mass is 10.0. The number of rotatable bonds is 6. The second-order valence-electron chi connectivity index (χ2n) is 7.22. The summed E-state index contributed by atoms with van der Waals surface area (Å²) in [6.45, 7) is 6.34. The molecule has 0 unspecified atom stereocenters. The number of halogens is 2. The number of nitrogens with zero attached hydrogens (tertiary/aromatic N) is 2. The first-order valence-electron chi connectivity index (χ1n) is 9.67. The van der Waals surface area contributed by atoms with Crippen molar-refractivity contribution in [3.8, 4) is 5.69 Å². The van der Waals surface area contributed by atoms with Gasteiger partial charge in [0, 0.05) is 36.4 Å². The Morgan fingerprint density at radius 3 is 2.42 bits per heavy atom. The molecule has 1 aromatic heterocycles. The Morgan fingerprint density at radius 1 is 1.10 bits per heavy atom. The highest BCUT2D eigenvalue weighted by Gasteiger charge is 2.37. The molecular weight excluding hydrogens is 439 g/mol. The number of aryl methyl sites for hydroxylation is 1. The molecule has 1 amide bonds. The van der Waals surface area contributed by atoms with Gasteiger partial charge in [0.25, 0.3) is 5.91 Å². The predicted molar refractivity (Wildman–Crippen MR) is 122 cm³/mol. The molecule has 1 aliphatic heterocycles. The summed E-state index contributed by atoms with van der Waals surface area (Å²) < 4.78 is 12.1. The molecule has 0 bridgehead atoms. The molecule has 0 fully saturated rings. The van der Waals surface area contributed by atoms with E-state index in [2.05, 4.69) is 0 Å². The molecule has 2 heterocycles. The van der Waals surface area contributed by atoms with E-state index < -0.39 is 5.97 Å². The number of aromatic nitrogens is 1. The number of carbonyl (C=O) groups excluding carboxylic acids is 2. The number of ether oxygens (including phenoxy) is 2. The van der Waals surface area contributed by atoms with E-state index in [0.717, 1.165) is 22.6 Å². The van der Waals surface area contributed by atoms with E-state index in [-0.39, 0.29) is 11.5 Å². The van der Waals surface area contributed by atoms with Crippen LogP contribution in [-0.2, 0) is 19.1 Å². The van der Waals surface area contributed by atoms with Crippen molar-refractivity contribution < 1.29 is 19.1 Å². The zero-order chi connectivity index (χ0) is 22.9. The van der Waals surface area contributed by atoms with Gasteiger partial charge in [-0.15, -0.1) is 0 Å². The molecule has 0 atom stereocenters. The number of methoxy groups -OCH3 is 2. The van der Waals surface area contributed by atoms with Crippen molar-refractivity contribution in [3.63, 3.8) is 0 Å². The molecule has 6 nitrogen and oxygen atoms in total. The van der Waals surface area contributed by atoms with Gasteiger partial charge in [-0.1, -0.05) is 23.2 Å². The number of amides is 1. The fourth-order valence-electron chi connectivity index (χ4n) is 3.79. The third-order valence-corrected chi connectivity index (χ3v) is 6.09. The monoisotopic (exact) mass is 462 g/mol. The van der Waals surface area contributed by atoms with Gasteiger partial charge >= 0.3 is 5.97 Å². The summed E-state index contributed by atoms with van der Waals surface area (Å²) in [4.78, 5) is 27.1. The van der Waals surface area contributed by atoms with E-state index in [9.17, 15) is 9.59 Å². The van der Waals surface area contributed by atoms with Crippen LogP contribution in [0.5, 0.6) is 0 Å². The SMILES string of the molecule is COCCN1C(=O)C(=Cc2cc(C)n(-c3ccc(Cl)c(Cl)c3)c2C)C(C(=O)OC)=C1C. The molecule has 0 N–H and O–H groups in total. The van der Waals surface area contributed by atoms with Crippen LogP contribution in [0.15, 0.2) is 41.1 Å². The van der Waals surface area contributed by atoms with Gasteiger partial charge in [0.05, 0.1) is 34.9 Å². The highest BCUT2D eigenvalue weighted by atomic mass is 35.5. The first-order valence-corrected chi connectivity index (χ1v) is 10.4. The average molecular weight is 463 g/mol. The highest BCUT2D eigenvalue weighted by Crippen LogP contribution is 2.33.